The smallest absolute Gasteiger partial charge is 0.255 e. The number of carbonyl (C=O) groups excluding carboxylic acids is 2. The van der Waals surface area contributed by atoms with Crippen molar-refractivity contribution >= 4 is 17.5 Å². The van der Waals surface area contributed by atoms with E-state index in [0.717, 1.165) is 11.1 Å². The summed E-state index contributed by atoms with van der Waals surface area (Å²) in [4.78, 5) is 23.6. The minimum atomic E-state index is -0.568. The van der Waals surface area contributed by atoms with Crippen molar-refractivity contribution in [3.63, 3.8) is 0 Å². The molecule has 4 nitrogen and oxygen atoms in total. The Morgan fingerprint density at radius 3 is 2.40 bits per heavy atom. The predicted octanol–water partition coefficient (Wildman–Crippen LogP) is 2.65. The average molecular weight is 268 g/mol. The van der Waals surface area contributed by atoms with E-state index < -0.39 is 5.91 Å². The van der Waals surface area contributed by atoms with Gasteiger partial charge >= 0.3 is 0 Å². The summed E-state index contributed by atoms with van der Waals surface area (Å²) in [6, 6.07) is 12.3. The standard InChI is InChI=1S/C16H16N2O2/c1-10-7-8-11(2)13(9-10)16(20)18-14-6-4-3-5-12(14)15(17)19/h3-9H,1-2H3,(H2,17,19)(H,18,20). The Hall–Kier alpha value is -2.62. The lowest BCUT2D eigenvalue weighted by molar-refractivity contribution is 0.100. The third-order valence-corrected chi connectivity index (χ3v) is 3.08. The highest BCUT2D eigenvalue weighted by atomic mass is 16.2. The molecule has 2 rings (SSSR count). The van der Waals surface area contributed by atoms with E-state index in [2.05, 4.69) is 5.32 Å². The molecule has 0 fully saturated rings. The van der Waals surface area contributed by atoms with Crippen molar-refractivity contribution < 1.29 is 9.59 Å². The number of anilines is 1. The van der Waals surface area contributed by atoms with E-state index in [0.29, 0.717) is 16.8 Å². The molecule has 4 heteroatoms. The first kappa shape index (κ1) is 13.8. The minimum absolute atomic E-state index is 0.250. The summed E-state index contributed by atoms with van der Waals surface area (Å²) < 4.78 is 0. The summed E-state index contributed by atoms with van der Waals surface area (Å²) in [6.07, 6.45) is 0. The van der Waals surface area contributed by atoms with E-state index in [4.69, 9.17) is 5.73 Å². The topological polar surface area (TPSA) is 72.2 Å². The molecular weight excluding hydrogens is 252 g/mol. The molecule has 0 saturated carbocycles. The molecular formula is C16H16N2O2. The molecule has 2 aromatic rings. The van der Waals surface area contributed by atoms with Crippen LogP contribution in [0.25, 0.3) is 0 Å². The number of carbonyl (C=O) groups is 2. The molecule has 0 aliphatic carbocycles. The number of hydrogen-bond donors (Lipinski definition) is 2. The van der Waals surface area contributed by atoms with Crippen molar-refractivity contribution in [1.29, 1.82) is 0 Å². The lowest BCUT2D eigenvalue weighted by Gasteiger charge is -2.11. The highest BCUT2D eigenvalue weighted by Crippen LogP contribution is 2.17. The maximum Gasteiger partial charge on any atom is 0.255 e. The largest absolute Gasteiger partial charge is 0.366 e. The molecule has 20 heavy (non-hydrogen) atoms. The summed E-state index contributed by atoms with van der Waals surface area (Å²) in [6.45, 7) is 3.79. The number of nitrogens with one attached hydrogen (secondary N) is 1. The zero-order valence-electron chi connectivity index (χ0n) is 11.4. The van der Waals surface area contributed by atoms with Gasteiger partial charge in [0, 0.05) is 5.56 Å². The summed E-state index contributed by atoms with van der Waals surface area (Å²) >= 11 is 0. The number of aryl methyl sites for hydroxylation is 2. The van der Waals surface area contributed by atoms with Crippen LogP contribution >= 0.6 is 0 Å². The highest BCUT2D eigenvalue weighted by Gasteiger charge is 2.13. The van der Waals surface area contributed by atoms with E-state index in [-0.39, 0.29) is 5.91 Å². The molecule has 2 amide bonds. The van der Waals surface area contributed by atoms with Gasteiger partial charge in [-0.3, -0.25) is 9.59 Å². The van der Waals surface area contributed by atoms with E-state index >= 15 is 0 Å². The van der Waals surface area contributed by atoms with Crippen LogP contribution in [0.15, 0.2) is 42.5 Å². The van der Waals surface area contributed by atoms with Gasteiger partial charge in [-0.1, -0.05) is 29.8 Å². The van der Waals surface area contributed by atoms with Crippen LogP contribution in [0.2, 0.25) is 0 Å². The maximum absolute atomic E-state index is 12.3. The molecule has 3 N–H and O–H groups in total. The fourth-order valence-electron chi connectivity index (χ4n) is 1.98. The van der Waals surface area contributed by atoms with E-state index in [1.165, 1.54) is 0 Å². The number of benzene rings is 2. The molecule has 0 radical (unpaired) electrons. The van der Waals surface area contributed by atoms with Gasteiger partial charge in [0.1, 0.15) is 0 Å². The van der Waals surface area contributed by atoms with E-state index in [1.54, 1.807) is 24.3 Å². The minimum Gasteiger partial charge on any atom is -0.366 e. The van der Waals surface area contributed by atoms with Crippen molar-refractivity contribution in [1.82, 2.24) is 0 Å². The number of para-hydroxylation sites is 1. The van der Waals surface area contributed by atoms with Gasteiger partial charge in [-0.05, 0) is 37.6 Å². The summed E-state index contributed by atoms with van der Waals surface area (Å²) in [5.74, 6) is -0.818. The fourth-order valence-corrected chi connectivity index (χ4v) is 1.98. The third-order valence-electron chi connectivity index (χ3n) is 3.08. The Morgan fingerprint density at radius 1 is 1.00 bits per heavy atom. The molecule has 0 aliphatic rings. The molecule has 0 unspecified atom stereocenters. The lowest BCUT2D eigenvalue weighted by Crippen LogP contribution is -2.18. The Morgan fingerprint density at radius 2 is 1.70 bits per heavy atom. The Balaban J connectivity index is 2.33. The van der Waals surface area contributed by atoms with E-state index in [1.807, 2.05) is 32.0 Å². The van der Waals surface area contributed by atoms with Crippen molar-refractivity contribution in [3.8, 4) is 0 Å². The van der Waals surface area contributed by atoms with Crippen LogP contribution in [0, 0.1) is 13.8 Å². The van der Waals surface area contributed by atoms with Gasteiger partial charge in [0.2, 0.25) is 0 Å². The molecule has 102 valence electrons. The lowest BCUT2D eigenvalue weighted by atomic mass is 10.0. The first-order valence-corrected chi connectivity index (χ1v) is 6.26. The van der Waals surface area contributed by atoms with Gasteiger partial charge in [0.15, 0.2) is 0 Å². The molecule has 0 spiro atoms. The molecule has 2 aromatic carbocycles. The molecule has 0 bridgehead atoms. The Kier molecular flexibility index (Phi) is 3.84. The highest BCUT2D eigenvalue weighted by molar-refractivity contribution is 6.09. The van der Waals surface area contributed by atoms with Gasteiger partial charge in [-0.15, -0.1) is 0 Å². The van der Waals surface area contributed by atoms with Crippen molar-refractivity contribution in [2.45, 2.75) is 13.8 Å². The third kappa shape index (κ3) is 2.85. The van der Waals surface area contributed by atoms with Crippen LogP contribution in [-0.4, -0.2) is 11.8 Å². The first-order chi connectivity index (χ1) is 9.49. The number of rotatable bonds is 3. The number of primary amides is 1. The van der Waals surface area contributed by atoms with Gasteiger partial charge in [-0.2, -0.15) is 0 Å². The second-order valence-corrected chi connectivity index (χ2v) is 4.68. The summed E-state index contributed by atoms with van der Waals surface area (Å²) in [5.41, 5.74) is 8.48. The SMILES string of the molecule is Cc1ccc(C)c(C(=O)Nc2ccccc2C(N)=O)c1. The second kappa shape index (κ2) is 5.57. The van der Waals surface area contributed by atoms with Gasteiger partial charge < -0.3 is 11.1 Å². The van der Waals surface area contributed by atoms with Crippen molar-refractivity contribution in [2.75, 3.05) is 5.32 Å². The summed E-state index contributed by atoms with van der Waals surface area (Å²) in [7, 11) is 0. The summed E-state index contributed by atoms with van der Waals surface area (Å²) in [5, 5.41) is 2.74. The van der Waals surface area contributed by atoms with E-state index in [9.17, 15) is 9.59 Å². The Bertz CT molecular complexity index is 678. The van der Waals surface area contributed by atoms with Gasteiger partial charge in [0.25, 0.3) is 11.8 Å². The number of hydrogen-bond acceptors (Lipinski definition) is 2. The number of amides is 2. The molecule has 0 atom stereocenters. The Labute approximate surface area is 117 Å². The first-order valence-electron chi connectivity index (χ1n) is 6.26. The quantitative estimate of drug-likeness (QED) is 0.898. The van der Waals surface area contributed by atoms with Crippen LogP contribution in [-0.2, 0) is 0 Å². The fraction of sp³-hybridized carbons (Fsp3) is 0.125. The predicted molar refractivity (Wildman–Crippen MR) is 78.8 cm³/mol. The molecule has 0 aliphatic heterocycles. The van der Waals surface area contributed by atoms with Crippen LogP contribution in [0.5, 0.6) is 0 Å². The monoisotopic (exact) mass is 268 g/mol. The van der Waals surface area contributed by atoms with Crippen molar-refractivity contribution in [3.05, 3.63) is 64.7 Å². The molecule has 0 heterocycles. The number of nitrogens with two attached hydrogens (primary N) is 1. The molecule has 0 aromatic heterocycles. The second-order valence-electron chi connectivity index (χ2n) is 4.68. The van der Waals surface area contributed by atoms with Crippen LogP contribution in [0.4, 0.5) is 5.69 Å². The van der Waals surface area contributed by atoms with Gasteiger partial charge in [0.05, 0.1) is 11.3 Å². The van der Waals surface area contributed by atoms with Crippen LogP contribution in [0.1, 0.15) is 31.8 Å². The maximum atomic E-state index is 12.3. The zero-order valence-corrected chi connectivity index (χ0v) is 11.4. The van der Waals surface area contributed by atoms with Gasteiger partial charge in [-0.25, -0.2) is 0 Å². The molecule has 0 saturated heterocycles. The van der Waals surface area contributed by atoms with Crippen molar-refractivity contribution in [2.24, 2.45) is 5.73 Å². The van der Waals surface area contributed by atoms with Crippen LogP contribution in [0.3, 0.4) is 0 Å². The normalized spacial score (nSPS) is 10.1. The zero-order chi connectivity index (χ0) is 14.7. The van der Waals surface area contributed by atoms with Crippen LogP contribution < -0.4 is 11.1 Å². The average Bonchev–Trinajstić information content (AvgIpc) is 2.41.